The molecular formula is C30H33N3O4. The Balaban J connectivity index is 1.18. The first-order valence-electron chi connectivity index (χ1n) is 13.0. The largest absolute Gasteiger partial charge is 0.497 e. The summed E-state index contributed by atoms with van der Waals surface area (Å²) in [6.45, 7) is 1.46. The van der Waals surface area contributed by atoms with Crippen molar-refractivity contribution >= 4 is 16.9 Å². The lowest BCUT2D eigenvalue weighted by Gasteiger charge is -2.47. The number of rotatable bonds is 8. The number of likely N-dealkylation sites (tertiary alicyclic amines) is 1. The zero-order chi connectivity index (χ0) is 25.9. The number of benzene rings is 2. The van der Waals surface area contributed by atoms with E-state index in [-0.39, 0.29) is 5.92 Å². The number of pyridine rings is 1. The Labute approximate surface area is 217 Å². The molecule has 2 N–H and O–H groups in total. The van der Waals surface area contributed by atoms with Gasteiger partial charge >= 0.3 is 5.97 Å². The zero-order valence-electron chi connectivity index (χ0n) is 21.1. The summed E-state index contributed by atoms with van der Waals surface area (Å²) in [5, 5.41) is 30.9. The lowest BCUT2D eigenvalue weighted by Crippen LogP contribution is -2.52. The first-order chi connectivity index (χ1) is 18.0. The highest BCUT2D eigenvalue weighted by atomic mass is 16.5. The number of carbonyl (C=O) groups is 1. The van der Waals surface area contributed by atoms with Gasteiger partial charge < -0.3 is 14.9 Å². The van der Waals surface area contributed by atoms with Crippen LogP contribution in [0.2, 0.25) is 0 Å². The predicted molar refractivity (Wildman–Crippen MR) is 140 cm³/mol. The third-order valence-electron chi connectivity index (χ3n) is 8.40. The van der Waals surface area contributed by atoms with E-state index in [1.165, 1.54) is 5.56 Å². The highest BCUT2D eigenvalue weighted by Crippen LogP contribution is 2.42. The molecule has 1 saturated heterocycles. The highest BCUT2D eigenvalue weighted by Gasteiger charge is 2.41. The summed E-state index contributed by atoms with van der Waals surface area (Å²) >= 11 is 0. The van der Waals surface area contributed by atoms with Gasteiger partial charge in [-0.2, -0.15) is 5.26 Å². The minimum Gasteiger partial charge on any atom is -0.497 e. The maximum absolute atomic E-state index is 12.2. The van der Waals surface area contributed by atoms with Gasteiger partial charge in [0.15, 0.2) is 0 Å². The number of aromatic nitrogens is 1. The van der Waals surface area contributed by atoms with Crippen LogP contribution in [0.4, 0.5) is 0 Å². The summed E-state index contributed by atoms with van der Waals surface area (Å²) in [7, 11) is 1.61. The molecule has 7 heteroatoms. The lowest BCUT2D eigenvalue weighted by molar-refractivity contribution is -0.147. The Morgan fingerprint density at radius 2 is 2.00 bits per heavy atom. The molecule has 2 aromatic carbocycles. The fraction of sp³-hybridized carbons (Fsp3) is 0.433. The summed E-state index contributed by atoms with van der Waals surface area (Å²) in [4.78, 5) is 19.0. The summed E-state index contributed by atoms with van der Waals surface area (Å²) in [5.74, 6) is 0.0586. The van der Waals surface area contributed by atoms with E-state index in [0.717, 1.165) is 42.3 Å². The van der Waals surface area contributed by atoms with E-state index in [4.69, 9.17) is 10.00 Å². The Bertz CT molecular complexity index is 1300. The second-order valence-electron chi connectivity index (χ2n) is 10.4. The molecule has 1 aliphatic heterocycles. The molecule has 0 unspecified atom stereocenters. The van der Waals surface area contributed by atoms with Crippen molar-refractivity contribution in [3.63, 3.8) is 0 Å². The molecule has 1 saturated carbocycles. The zero-order valence-corrected chi connectivity index (χ0v) is 21.1. The number of hydrogen-bond donors (Lipinski definition) is 2. The van der Waals surface area contributed by atoms with Crippen molar-refractivity contribution in [2.45, 2.75) is 50.2 Å². The molecule has 192 valence electrons. The molecule has 1 aliphatic carbocycles. The van der Waals surface area contributed by atoms with Crippen LogP contribution in [0.15, 0.2) is 54.7 Å². The molecular weight excluding hydrogens is 466 g/mol. The van der Waals surface area contributed by atoms with Crippen molar-refractivity contribution < 1.29 is 19.7 Å². The molecule has 0 amide bonds. The fourth-order valence-corrected chi connectivity index (χ4v) is 6.06. The topological polar surface area (TPSA) is 107 Å². The van der Waals surface area contributed by atoms with E-state index >= 15 is 0 Å². The van der Waals surface area contributed by atoms with Crippen molar-refractivity contribution in [1.82, 2.24) is 9.88 Å². The van der Waals surface area contributed by atoms with Gasteiger partial charge in [0.25, 0.3) is 0 Å². The van der Waals surface area contributed by atoms with E-state index < -0.39 is 18.0 Å². The molecule has 7 nitrogen and oxygen atoms in total. The minimum atomic E-state index is -0.744. The smallest absolute Gasteiger partial charge is 0.308 e. The number of aliphatic hydroxyl groups is 1. The monoisotopic (exact) mass is 499 g/mol. The number of fused-ring (bicyclic) bond motifs is 1. The number of hydrogen-bond acceptors (Lipinski definition) is 6. The maximum Gasteiger partial charge on any atom is 0.308 e. The van der Waals surface area contributed by atoms with Crippen LogP contribution in [0.25, 0.3) is 10.9 Å². The Kier molecular flexibility index (Phi) is 7.40. The number of piperidine rings is 1. The molecule has 1 aromatic heterocycles. The number of ether oxygens (including phenoxy) is 1. The van der Waals surface area contributed by atoms with Gasteiger partial charge in [0.1, 0.15) is 5.75 Å². The van der Waals surface area contributed by atoms with Gasteiger partial charge in [0.2, 0.25) is 0 Å². The Hall–Kier alpha value is -3.47. The van der Waals surface area contributed by atoms with E-state index in [0.29, 0.717) is 42.7 Å². The number of nitrogens with zero attached hydrogens (tertiary/aromatic N) is 3. The van der Waals surface area contributed by atoms with E-state index in [1.54, 1.807) is 13.3 Å². The van der Waals surface area contributed by atoms with Crippen LogP contribution in [0, 0.1) is 23.2 Å². The molecule has 0 radical (unpaired) electrons. The van der Waals surface area contributed by atoms with Crippen molar-refractivity contribution in [2.75, 3.05) is 20.2 Å². The number of carboxylic acids is 1. The van der Waals surface area contributed by atoms with Crippen LogP contribution >= 0.6 is 0 Å². The van der Waals surface area contributed by atoms with E-state index in [9.17, 15) is 15.0 Å². The number of aliphatic hydroxyl groups excluding tert-OH is 1. The maximum atomic E-state index is 12.2. The molecule has 0 bridgehead atoms. The summed E-state index contributed by atoms with van der Waals surface area (Å²) < 4.78 is 5.35. The van der Waals surface area contributed by atoms with Crippen LogP contribution in [-0.2, 0) is 4.79 Å². The van der Waals surface area contributed by atoms with Gasteiger partial charge in [-0.05, 0) is 98.0 Å². The van der Waals surface area contributed by atoms with Gasteiger partial charge in [0.05, 0.1) is 36.3 Å². The third kappa shape index (κ3) is 5.31. The van der Waals surface area contributed by atoms with Crippen molar-refractivity contribution in [2.24, 2.45) is 11.8 Å². The molecule has 2 aliphatic rings. The first-order valence-corrected chi connectivity index (χ1v) is 13.0. The second kappa shape index (κ2) is 10.9. The molecule has 37 heavy (non-hydrogen) atoms. The number of methoxy groups -OCH3 is 1. The van der Waals surface area contributed by atoms with Crippen LogP contribution < -0.4 is 4.74 Å². The van der Waals surface area contributed by atoms with E-state index in [2.05, 4.69) is 16.0 Å². The first kappa shape index (κ1) is 25.2. The van der Waals surface area contributed by atoms with Crippen LogP contribution in [0.1, 0.15) is 60.8 Å². The lowest BCUT2D eigenvalue weighted by atomic mass is 9.73. The normalized spacial score (nSPS) is 24.7. The fourth-order valence-electron chi connectivity index (χ4n) is 6.06. The van der Waals surface area contributed by atoms with Crippen molar-refractivity contribution in [3.05, 3.63) is 71.4 Å². The Morgan fingerprint density at radius 1 is 1.22 bits per heavy atom. The second-order valence-corrected chi connectivity index (χ2v) is 10.4. The van der Waals surface area contributed by atoms with Gasteiger partial charge in [-0.1, -0.05) is 12.1 Å². The third-order valence-corrected chi connectivity index (χ3v) is 8.40. The minimum absolute atomic E-state index is 0.0421. The van der Waals surface area contributed by atoms with Crippen molar-refractivity contribution in [3.8, 4) is 11.8 Å². The van der Waals surface area contributed by atoms with Gasteiger partial charge in [-0.3, -0.25) is 14.7 Å². The average molecular weight is 500 g/mol. The average Bonchev–Trinajstić information content (AvgIpc) is 2.90. The highest BCUT2D eigenvalue weighted by molar-refractivity contribution is 5.83. The summed E-state index contributed by atoms with van der Waals surface area (Å²) in [6, 6.07) is 17.9. The molecule has 0 spiro atoms. The Morgan fingerprint density at radius 3 is 2.70 bits per heavy atom. The molecule has 5 rings (SSSR count). The molecule has 2 fully saturated rings. The van der Waals surface area contributed by atoms with Gasteiger partial charge in [0, 0.05) is 24.2 Å². The standard InChI is InChI=1S/C30H33N3O4/c1-37-24-7-8-28-26(16-24)25(10-12-32-28)29(34)9-6-21-11-13-33(18-27(21)30(35)36)23-14-22(15-23)20-4-2-19(17-31)3-5-20/h2-5,7-8,10,12,16,21-23,27,29,34H,6,9,11,13-15,18H2,1H3,(H,35,36)/t21-,22?,23?,27+,29+/m1/s1. The summed E-state index contributed by atoms with van der Waals surface area (Å²) in [6.07, 6.45) is 5.07. The number of aliphatic carboxylic acids is 1. The predicted octanol–water partition coefficient (Wildman–Crippen LogP) is 4.90. The number of carboxylic acid groups (broad SMARTS) is 1. The quantitative estimate of drug-likeness (QED) is 0.454. The molecule has 3 aromatic rings. The van der Waals surface area contributed by atoms with Crippen LogP contribution in [0.3, 0.4) is 0 Å². The molecule has 2 heterocycles. The molecule has 3 atom stereocenters. The van der Waals surface area contributed by atoms with E-state index in [1.807, 2.05) is 48.5 Å². The SMILES string of the molecule is COc1ccc2nccc([C@@H](O)CC[C@@H]3CCN(C4CC(c5ccc(C#N)cc5)C4)C[C@@H]3C(=O)O)c2c1. The van der Waals surface area contributed by atoms with Gasteiger partial charge in [-0.15, -0.1) is 0 Å². The van der Waals surface area contributed by atoms with Crippen LogP contribution in [0.5, 0.6) is 5.75 Å². The summed E-state index contributed by atoms with van der Waals surface area (Å²) in [5.41, 5.74) is 3.54. The van der Waals surface area contributed by atoms with Gasteiger partial charge in [-0.25, -0.2) is 0 Å². The van der Waals surface area contributed by atoms with Crippen LogP contribution in [-0.4, -0.2) is 52.3 Å². The van der Waals surface area contributed by atoms with Crippen molar-refractivity contribution in [1.29, 1.82) is 5.26 Å². The number of nitriles is 1.